The van der Waals surface area contributed by atoms with Gasteiger partial charge in [-0.15, -0.1) is 13.2 Å². The van der Waals surface area contributed by atoms with Crippen molar-refractivity contribution < 1.29 is 43.4 Å². The van der Waals surface area contributed by atoms with E-state index in [0.717, 1.165) is 61.5 Å². The van der Waals surface area contributed by atoms with Crippen molar-refractivity contribution in [2.45, 2.75) is 65.2 Å². The van der Waals surface area contributed by atoms with Crippen molar-refractivity contribution in [2.24, 2.45) is 0 Å². The lowest BCUT2D eigenvalue weighted by Crippen LogP contribution is -3.00. The summed E-state index contributed by atoms with van der Waals surface area (Å²) in [5.74, 6) is 1.91. The van der Waals surface area contributed by atoms with Gasteiger partial charge in [0, 0.05) is 5.56 Å². The predicted octanol–water partition coefficient (Wildman–Crippen LogP) is 1.96. The highest BCUT2D eigenvalue weighted by Crippen LogP contribution is 2.35. The van der Waals surface area contributed by atoms with E-state index in [2.05, 4.69) is 63.4 Å². The molecule has 0 unspecified atom stereocenters. The zero-order valence-electron chi connectivity index (χ0n) is 19.7. The van der Waals surface area contributed by atoms with Crippen molar-refractivity contribution >= 4 is 0 Å². The molecule has 32 heavy (non-hydrogen) atoms. The van der Waals surface area contributed by atoms with Crippen molar-refractivity contribution in [1.82, 2.24) is 0 Å². The molecule has 0 bridgehead atoms. The molecule has 0 amide bonds. The summed E-state index contributed by atoms with van der Waals surface area (Å²) in [5, 5.41) is 0. The zero-order valence-corrected chi connectivity index (χ0v) is 22.8. The molecule has 0 spiro atoms. The van der Waals surface area contributed by atoms with E-state index in [4.69, 9.17) is 9.47 Å². The van der Waals surface area contributed by atoms with Gasteiger partial charge in [0.2, 0.25) is 0 Å². The normalized spacial score (nSPS) is 9.94. The van der Waals surface area contributed by atoms with E-state index in [1.807, 2.05) is 12.2 Å². The minimum Gasteiger partial charge on any atom is -1.00 e. The lowest BCUT2D eigenvalue weighted by molar-refractivity contribution is -0.001000. The number of halogens is 2. The molecule has 2 nitrogen and oxygen atoms in total. The quantitative estimate of drug-likeness (QED) is 0.243. The number of ether oxygens (including phenoxy) is 2. The van der Waals surface area contributed by atoms with Crippen LogP contribution in [0.5, 0.6) is 11.5 Å². The van der Waals surface area contributed by atoms with E-state index in [-0.39, 0.29) is 34.0 Å². The van der Waals surface area contributed by atoms with Crippen LogP contribution in [0.15, 0.2) is 61.7 Å². The zero-order chi connectivity index (χ0) is 21.6. The highest BCUT2D eigenvalue weighted by atomic mass is 79.9. The average Bonchev–Trinajstić information content (AvgIpc) is 2.76. The number of allylic oxidation sites excluding steroid dienone is 2. The Kier molecular flexibility index (Phi) is 17.1. The van der Waals surface area contributed by atoms with Gasteiger partial charge in [0.25, 0.3) is 0 Å². The van der Waals surface area contributed by atoms with E-state index in [1.54, 1.807) is 0 Å². The number of rotatable bonds is 15. The molecule has 4 heteroatoms. The fourth-order valence-corrected chi connectivity index (χ4v) is 3.49. The third-order valence-electron chi connectivity index (χ3n) is 5.17. The van der Waals surface area contributed by atoms with E-state index >= 15 is 0 Å². The van der Waals surface area contributed by atoms with Crippen molar-refractivity contribution in [3.63, 3.8) is 0 Å². The van der Waals surface area contributed by atoms with Gasteiger partial charge < -0.3 is 43.4 Å². The van der Waals surface area contributed by atoms with Gasteiger partial charge >= 0.3 is 0 Å². The molecule has 2 rings (SSSR count). The van der Waals surface area contributed by atoms with Gasteiger partial charge in [0.05, 0.1) is 13.2 Å². The molecule has 0 radical (unpaired) electrons. The standard InChI is InChI=1S/C28H38O2.2BrH/c1-5-9-11-19-29-27-18-16-24(22-25(27)14-8-4)26-21-23(13-7-3)15-17-28(26)30-20-12-10-6-2;;/h7-8,15-18,21-22H,3-6,9-14,19-20H2,1-2H3;2*1H/p-2. The third-order valence-corrected chi connectivity index (χ3v) is 5.17. The van der Waals surface area contributed by atoms with Crippen LogP contribution >= 0.6 is 0 Å². The average molecular weight is 566 g/mol. The lowest BCUT2D eigenvalue weighted by Gasteiger charge is -2.16. The minimum atomic E-state index is 0. The first-order chi connectivity index (χ1) is 14.7. The van der Waals surface area contributed by atoms with Gasteiger partial charge in [-0.2, -0.15) is 0 Å². The minimum absolute atomic E-state index is 0. The summed E-state index contributed by atoms with van der Waals surface area (Å²) >= 11 is 0. The van der Waals surface area contributed by atoms with Crippen LogP contribution in [0.1, 0.15) is 63.5 Å². The van der Waals surface area contributed by atoms with E-state index in [1.165, 1.54) is 36.8 Å². The van der Waals surface area contributed by atoms with Crippen LogP contribution in [0.2, 0.25) is 0 Å². The van der Waals surface area contributed by atoms with Gasteiger partial charge in [-0.3, -0.25) is 0 Å². The molecule has 2 aromatic rings. The smallest absolute Gasteiger partial charge is 0.127 e. The van der Waals surface area contributed by atoms with Gasteiger partial charge in [0.15, 0.2) is 0 Å². The summed E-state index contributed by atoms with van der Waals surface area (Å²) in [6.45, 7) is 13.7. The molecule has 0 saturated carbocycles. The maximum Gasteiger partial charge on any atom is 0.127 e. The largest absolute Gasteiger partial charge is 1.00 e. The maximum atomic E-state index is 6.17. The van der Waals surface area contributed by atoms with E-state index < -0.39 is 0 Å². The molecular weight excluding hydrogens is 528 g/mol. The van der Waals surface area contributed by atoms with Crippen LogP contribution in [0, 0.1) is 0 Å². The molecule has 2 aromatic carbocycles. The van der Waals surface area contributed by atoms with Gasteiger partial charge in [-0.05, 0) is 66.6 Å². The van der Waals surface area contributed by atoms with Gasteiger partial charge in [-0.1, -0.05) is 63.8 Å². The fourth-order valence-electron chi connectivity index (χ4n) is 3.49. The molecule has 0 aliphatic rings. The van der Waals surface area contributed by atoms with Crippen LogP contribution < -0.4 is 43.4 Å². The second-order valence-electron chi connectivity index (χ2n) is 7.75. The Bertz CT molecular complexity index is 802. The summed E-state index contributed by atoms with van der Waals surface area (Å²) < 4.78 is 12.2. The molecule has 178 valence electrons. The Labute approximate surface area is 216 Å². The Morgan fingerprint density at radius 1 is 0.719 bits per heavy atom. The topological polar surface area (TPSA) is 18.5 Å². The van der Waals surface area contributed by atoms with Crippen LogP contribution in [-0.4, -0.2) is 13.2 Å². The summed E-state index contributed by atoms with van der Waals surface area (Å²) in [5.41, 5.74) is 4.70. The number of hydrogen-bond donors (Lipinski definition) is 0. The van der Waals surface area contributed by atoms with Crippen molar-refractivity contribution in [3.05, 3.63) is 72.8 Å². The maximum absolute atomic E-state index is 6.17. The van der Waals surface area contributed by atoms with Crippen molar-refractivity contribution in [2.75, 3.05) is 13.2 Å². The fraction of sp³-hybridized carbons (Fsp3) is 0.429. The Morgan fingerprint density at radius 2 is 1.31 bits per heavy atom. The molecule has 0 aliphatic heterocycles. The number of hydrogen-bond acceptors (Lipinski definition) is 2. The summed E-state index contributed by atoms with van der Waals surface area (Å²) in [4.78, 5) is 0. The Hall–Kier alpha value is -1.52. The molecule has 0 atom stereocenters. The second-order valence-corrected chi connectivity index (χ2v) is 7.75. The highest BCUT2D eigenvalue weighted by molar-refractivity contribution is 5.73. The van der Waals surface area contributed by atoms with Crippen LogP contribution in [-0.2, 0) is 12.8 Å². The van der Waals surface area contributed by atoms with Gasteiger partial charge in [0.1, 0.15) is 11.5 Å². The predicted molar refractivity (Wildman–Crippen MR) is 130 cm³/mol. The first kappa shape index (κ1) is 30.5. The molecule has 0 fully saturated rings. The first-order valence-electron chi connectivity index (χ1n) is 11.5. The Morgan fingerprint density at radius 3 is 1.91 bits per heavy atom. The lowest BCUT2D eigenvalue weighted by atomic mass is 9.97. The Balaban J connectivity index is 0.00000480. The molecule has 0 N–H and O–H groups in total. The molecule has 0 aliphatic carbocycles. The summed E-state index contributed by atoms with van der Waals surface area (Å²) in [7, 11) is 0. The molecule has 0 aromatic heterocycles. The monoisotopic (exact) mass is 564 g/mol. The van der Waals surface area contributed by atoms with E-state index in [9.17, 15) is 0 Å². The molecule has 0 heterocycles. The van der Waals surface area contributed by atoms with Crippen LogP contribution in [0.3, 0.4) is 0 Å². The molecular formula is C28H38Br2O2-2. The van der Waals surface area contributed by atoms with Crippen molar-refractivity contribution in [3.8, 4) is 22.6 Å². The summed E-state index contributed by atoms with van der Waals surface area (Å²) in [6, 6.07) is 12.9. The van der Waals surface area contributed by atoms with Crippen LogP contribution in [0.25, 0.3) is 11.1 Å². The number of unbranched alkanes of at least 4 members (excludes halogenated alkanes) is 4. The van der Waals surface area contributed by atoms with E-state index in [0.29, 0.717) is 0 Å². The van der Waals surface area contributed by atoms with Crippen LogP contribution in [0.4, 0.5) is 0 Å². The summed E-state index contributed by atoms with van der Waals surface area (Å²) in [6.07, 6.45) is 12.5. The third kappa shape index (κ3) is 9.95. The first-order valence-corrected chi connectivity index (χ1v) is 11.5. The second kappa shape index (κ2) is 18.0. The van der Waals surface area contributed by atoms with Crippen molar-refractivity contribution in [1.29, 1.82) is 0 Å². The SMILES string of the molecule is C=CCc1ccc(OCCCCC)c(-c2ccc(OCCCCC)c(CC=C)c2)c1.[Br-].[Br-]. The highest BCUT2D eigenvalue weighted by Gasteiger charge is 2.11. The van der Waals surface area contributed by atoms with Gasteiger partial charge in [-0.25, -0.2) is 0 Å². The number of benzene rings is 2. The molecule has 0 saturated heterocycles.